The van der Waals surface area contributed by atoms with Crippen molar-refractivity contribution in [3.8, 4) is 0 Å². The van der Waals surface area contributed by atoms with E-state index in [1.54, 1.807) is 18.2 Å². The van der Waals surface area contributed by atoms with Crippen molar-refractivity contribution >= 4 is 6.03 Å². The fourth-order valence-corrected chi connectivity index (χ4v) is 2.06. The highest BCUT2D eigenvalue weighted by Gasteiger charge is 2.23. The molecule has 1 aromatic rings. The third-order valence-corrected chi connectivity index (χ3v) is 3.76. The highest BCUT2D eigenvalue weighted by Crippen LogP contribution is 2.13. The van der Waals surface area contributed by atoms with E-state index in [1.165, 1.54) is 6.07 Å². The van der Waals surface area contributed by atoms with E-state index in [1.807, 2.05) is 20.8 Å². The second-order valence-corrected chi connectivity index (χ2v) is 5.46. The van der Waals surface area contributed by atoms with Crippen LogP contribution in [0.5, 0.6) is 0 Å². The molecule has 0 aliphatic carbocycles. The molecule has 0 radical (unpaired) electrons. The van der Waals surface area contributed by atoms with Gasteiger partial charge in [0.25, 0.3) is 0 Å². The number of aliphatic hydroxyl groups is 1. The Labute approximate surface area is 125 Å². The molecule has 21 heavy (non-hydrogen) atoms. The molecule has 4 nitrogen and oxygen atoms in total. The van der Waals surface area contributed by atoms with Crippen molar-refractivity contribution < 1.29 is 14.3 Å². The van der Waals surface area contributed by atoms with Crippen molar-refractivity contribution in [3.05, 3.63) is 35.6 Å². The smallest absolute Gasteiger partial charge is 0.315 e. The van der Waals surface area contributed by atoms with Gasteiger partial charge in [0.1, 0.15) is 5.82 Å². The van der Waals surface area contributed by atoms with E-state index in [0.717, 1.165) is 0 Å². The summed E-state index contributed by atoms with van der Waals surface area (Å²) in [7, 11) is 0. The van der Waals surface area contributed by atoms with Crippen LogP contribution in [-0.4, -0.2) is 29.3 Å². The van der Waals surface area contributed by atoms with E-state index in [4.69, 9.17) is 0 Å². The lowest BCUT2D eigenvalue weighted by Crippen LogP contribution is -2.48. The third-order valence-electron chi connectivity index (χ3n) is 3.76. The molecule has 3 N–H and O–H groups in total. The summed E-state index contributed by atoms with van der Waals surface area (Å²) >= 11 is 0. The van der Waals surface area contributed by atoms with Crippen LogP contribution < -0.4 is 10.6 Å². The molecule has 0 bridgehead atoms. The largest absolute Gasteiger partial charge is 0.388 e. The van der Waals surface area contributed by atoms with Gasteiger partial charge < -0.3 is 15.7 Å². The Balaban J connectivity index is 2.43. The SMILES string of the molecule is CCC(O)(CC)CNC(=O)NC(C)Cc1ccccc1F. The average molecular weight is 296 g/mol. The highest BCUT2D eigenvalue weighted by molar-refractivity contribution is 5.74. The van der Waals surface area contributed by atoms with Crippen molar-refractivity contribution in [1.29, 1.82) is 0 Å². The van der Waals surface area contributed by atoms with Crippen molar-refractivity contribution in [1.82, 2.24) is 10.6 Å². The summed E-state index contributed by atoms with van der Waals surface area (Å²) in [6.07, 6.45) is 1.58. The zero-order chi connectivity index (χ0) is 15.9. The molecule has 1 aromatic carbocycles. The lowest BCUT2D eigenvalue weighted by Gasteiger charge is -2.26. The number of carbonyl (C=O) groups excluding carboxylic acids is 1. The lowest BCUT2D eigenvalue weighted by molar-refractivity contribution is 0.0349. The predicted octanol–water partition coefficient (Wildman–Crippen LogP) is 2.61. The topological polar surface area (TPSA) is 61.4 Å². The van der Waals surface area contributed by atoms with E-state index in [0.29, 0.717) is 24.8 Å². The summed E-state index contributed by atoms with van der Waals surface area (Å²) in [5.74, 6) is -0.266. The zero-order valence-corrected chi connectivity index (χ0v) is 12.9. The molecule has 0 saturated carbocycles. The number of urea groups is 1. The van der Waals surface area contributed by atoms with Gasteiger partial charge >= 0.3 is 6.03 Å². The van der Waals surface area contributed by atoms with Crippen LogP contribution in [0.15, 0.2) is 24.3 Å². The average Bonchev–Trinajstić information content (AvgIpc) is 2.47. The zero-order valence-electron chi connectivity index (χ0n) is 12.9. The van der Waals surface area contributed by atoms with Crippen LogP contribution in [0, 0.1) is 5.82 Å². The number of benzene rings is 1. The van der Waals surface area contributed by atoms with Gasteiger partial charge in [-0.25, -0.2) is 9.18 Å². The molecule has 0 saturated heterocycles. The molecule has 118 valence electrons. The van der Waals surface area contributed by atoms with Gasteiger partial charge in [-0.15, -0.1) is 0 Å². The summed E-state index contributed by atoms with van der Waals surface area (Å²) in [6.45, 7) is 5.78. The normalized spacial score (nSPS) is 12.8. The maximum Gasteiger partial charge on any atom is 0.315 e. The fraction of sp³-hybridized carbons (Fsp3) is 0.562. The predicted molar refractivity (Wildman–Crippen MR) is 81.6 cm³/mol. The number of hydrogen-bond donors (Lipinski definition) is 3. The lowest BCUT2D eigenvalue weighted by atomic mass is 9.98. The minimum atomic E-state index is -0.869. The van der Waals surface area contributed by atoms with Crippen LogP contribution in [0.1, 0.15) is 39.2 Å². The summed E-state index contributed by atoms with van der Waals surface area (Å²) < 4.78 is 13.5. The van der Waals surface area contributed by atoms with E-state index in [-0.39, 0.29) is 24.4 Å². The van der Waals surface area contributed by atoms with Gasteiger partial charge in [-0.05, 0) is 37.8 Å². The van der Waals surface area contributed by atoms with E-state index < -0.39 is 5.60 Å². The van der Waals surface area contributed by atoms with Crippen molar-refractivity contribution in [2.24, 2.45) is 0 Å². The molecule has 0 aromatic heterocycles. The molecule has 1 atom stereocenters. The van der Waals surface area contributed by atoms with Crippen LogP contribution in [-0.2, 0) is 6.42 Å². The Morgan fingerprint density at radius 3 is 2.52 bits per heavy atom. The monoisotopic (exact) mass is 296 g/mol. The summed E-state index contributed by atoms with van der Waals surface area (Å²) in [4.78, 5) is 11.8. The first kappa shape index (κ1) is 17.4. The summed E-state index contributed by atoms with van der Waals surface area (Å²) in [5.41, 5.74) is -0.296. The molecule has 0 aliphatic rings. The molecule has 0 spiro atoms. The van der Waals surface area contributed by atoms with Gasteiger partial charge in [-0.3, -0.25) is 0 Å². The van der Waals surface area contributed by atoms with Crippen molar-refractivity contribution in [2.45, 2.75) is 51.7 Å². The number of carbonyl (C=O) groups is 1. The first-order valence-corrected chi connectivity index (χ1v) is 7.40. The third kappa shape index (κ3) is 5.71. The van der Waals surface area contributed by atoms with Crippen LogP contribution in [0.3, 0.4) is 0 Å². The molecule has 0 fully saturated rings. The molecule has 1 unspecified atom stereocenters. The number of rotatable bonds is 7. The van der Waals surface area contributed by atoms with Gasteiger partial charge in [0.05, 0.1) is 5.60 Å². The standard InChI is InChI=1S/C16H25FN2O2/c1-4-16(21,5-2)11-18-15(20)19-12(3)10-13-8-6-7-9-14(13)17/h6-9,12,21H,4-5,10-11H2,1-3H3,(H2,18,19,20). The number of hydrogen-bond acceptors (Lipinski definition) is 2. The molecule has 0 aliphatic heterocycles. The number of halogens is 1. The fourth-order valence-electron chi connectivity index (χ4n) is 2.06. The van der Waals surface area contributed by atoms with Gasteiger partial charge in [0.15, 0.2) is 0 Å². The van der Waals surface area contributed by atoms with Gasteiger partial charge in [0, 0.05) is 12.6 Å². The van der Waals surface area contributed by atoms with Crippen molar-refractivity contribution in [3.63, 3.8) is 0 Å². The van der Waals surface area contributed by atoms with Gasteiger partial charge in [-0.2, -0.15) is 0 Å². The Morgan fingerprint density at radius 1 is 1.33 bits per heavy atom. The first-order chi connectivity index (χ1) is 9.90. The molecule has 2 amide bonds. The maximum atomic E-state index is 13.5. The number of amides is 2. The molecule has 0 heterocycles. The van der Waals surface area contributed by atoms with Gasteiger partial charge in [-0.1, -0.05) is 32.0 Å². The van der Waals surface area contributed by atoms with E-state index in [2.05, 4.69) is 10.6 Å². The molecular formula is C16H25FN2O2. The Kier molecular flexibility index (Phi) is 6.62. The molecule has 5 heteroatoms. The Bertz CT molecular complexity index is 461. The summed E-state index contributed by atoms with van der Waals surface area (Å²) in [5, 5.41) is 15.5. The van der Waals surface area contributed by atoms with Crippen LogP contribution in [0.2, 0.25) is 0 Å². The maximum absolute atomic E-state index is 13.5. The Morgan fingerprint density at radius 2 is 1.95 bits per heavy atom. The van der Waals surface area contributed by atoms with E-state index in [9.17, 15) is 14.3 Å². The van der Waals surface area contributed by atoms with Crippen LogP contribution in [0.4, 0.5) is 9.18 Å². The minimum Gasteiger partial charge on any atom is -0.388 e. The number of nitrogens with one attached hydrogen (secondary N) is 2. The van der Waals surface area contributed by atoms with Crippen LogP contribution in [0.25, 0.3) is 0 Å². The second-order valence-electron chi connectivity index (χ2n) is 5.46. The van der Waals surface area contributed by atoms with Gasteiger partial charge in [0.2, 0.25) is 0 Å². The van der Waals surface area contributed by atoms with E-state index >= 15 is 0 Å². The highest BCUT2D eigenvalue weighted by atomic mass is 19.1. The second kappa shape index (κ2) is 7.98. The Hall–Kier alpha value is -1.62. The minimum absolute atomic E-state index is 0.196. The molecular weight excluding hydrogens is 271 g/mol. The van der Waals surface area contributed by atoms with Crippen LogP contribution >= 0.6 is 0 Å². The molecule has 1 rings (SSSR count). The van der Waals surface area contributed by atoms with Crippen molar-refractivity contribution in [2.75, 3.05) is 6.54 Å². The summed E-state index contributed by atoms with van der Waals surface area (Å²) in [6, 6.07) is 5.98. The quantitative estimate of drug-likeness (QED) is 0.724. The first-order valence-electron chi connectivity index (χ1n) is 7.40.